The molecule has 0 radical (unpaired) electrons. The topological polar surface area (TPSA) is 147 Å². The summed E-state index contributed by atoms with van der Waals surface area (Å²) >= 11 is 0. The first-order chi connectivity index (χ1) is 17.5. The zero-order valence-corrected chi connectivity index (χ0v) is 21.8. The highest BCUT2D eigenvalue weighted by atomic mass is 16.3. The van der Waals surface area contributed by atoms with Crippen molar-refractivity contribution in [2.75, 3.05) is 6.54 Å². The Hall–Kier alpha value is -3.28. The maximum Gasteiger partial charge on any atom is 0.248 e. The smallest absolute Gasteiger partial charge is 0.248 e. The van der Waals surface area contributed by atoms with E-state index in [4.69, 9.17) is 0 Å². The average Bonchev–Trinajstić information content (AvgIpc) is 3.20. The zero-order chi connectivity index (χ0) is 26.5. The van der Waals surface area contributed by atoms with Gasteiger partial charge in [0, 0.05) is 50.3 Å². The standard InChI is InChI=1S/C25H36N8O4/c1-25(2,3)22(33-13-18(29-30-33)14-5-6-14)24(37)32-12-16(34)9-19(32)23(36)27-17-7-8-20(35)28-21(17)15-10-26-31(4)11-15/h10-11,13-14,16-17,19,21-22,34H,5-9,12H2,1-4H3,(H,27,36)(H,28,35)/t16-,17-,19+,21+,22-/m1/s1. The third-order valence-electron chi connectivity index (χ3n) is 7.52. The van der Waals surface area contributed by atoms with E-state index in [1.165, 1.54) is 4.90 Å². The third-order valence-corrected chi connectivity index (χ3v) is 7.52. The predicted octanol–water partition coefficient (Wildman–Crippen LogP) is 0.574. The Labute approximate surface area is 215 Å². The molecule has 37 heavy (non-hydrogen) atoms. The fraction of sp³-hybridized carbons (Fsp3) is 0.680. The first kappa shape index (κ1) is 25.4. The predicted molar refractivity (Wildman–Crippen MR) is 132 cm³/mol. The molecule has 1 aliphatic carbocycles. The molecular formula is C25H36N8O4. The first-order valence-corrected chi connectivity index (χ1v) is 13.0. The van der Waals surface area contributed by atoms with Gasteiger partial charge in [0.25, 0.3) is 0 Å². The minimum atomic E-state index is -0.828. The molecule has 2 saturated heterocycles. The van der Waals surface area contributed by atoms with Crippen LogP contribution in [0.4, 0.5) is 0 Å². The lowest BCUT2D eigenvalue weighted by molar-refractivity contribution is -0.144. The van der Waals surface area contributed by atoms with Gasteiger partial charge in [0.1, 0.15) is 12.1 Å². The van der Waals surface area contributed by atoms with Crippen molar-refractivity contribution in [2.45, 2.75) is 89.1 Å². The number of amides is 3. The van der Waals surface area contributed by atoms with Gasteiger partial charge in [0.15, 0.2) is 0 Å². The van der Waals surface area contributed by atoms with E-state index in [1.54, 1.807) is 22.6 Å². The summed E-state index contributed by atoms with van der Waals surface area (Å²) in [5.74, 6) is -0.290. The van der Waals surface area contributed by atoms with Gasteiger partial charge >= 0.3 is 0 Å². The van der Waals surface area contributed by atoms with E-state index in [1.807, 2.05) is 33.2 Å². The highest BCUT2D eigenvalue weighted by Crippen LogP contribution is 2.40. The summed E-state index contributed by atoms with van der Waals surface area (Å²) in [6, 6.07) is -2.29. The fourth-order valence-corrected chi connectivity index (χ4v) is 5.48. The summed E-state index contributed by atoms with van der Waals surface area (Å²) in [7, 11) is 1.79. The van der Waals surface area contributed by atoms with Crippen LogP contribution in [-0.4, -0.2) is 77.2 Å². The van der Waals surface area contributed by atoms with Gasteiger partial charge in [-0.2, -0.15) is 5.10 Å². The van der Waals surface area contributed by atoms with Crippen LogP contribution in [0.25, 0.3) is 0 Å². The van der Waals surface area contributed by atoms with Crippen molar-refractivity contribution in [3.63, 3.8) is 0 Å². The number of aliphatic hydroxyl groups is 1. The molecule has 5 atom stereocenters. The van der Waals surface area contributed by atoms with Crippen molar-refractivity contribution < 1.29 is 19.5 Å². The second kappa shape index (κ2) is 9.55. The summed E-state index contributed by atoms with van der Waals surface area (Å²) in [6.45, 7) is 5.94. The molecule has 0 bridgehead atoms. The Kier molecular flexibility index (Phi) is 6.55. The first-order valence-electron chi connectivity index (χ1n) is 13.0. The SMILES string of the molecule is Cn1cc([C@@H]2NC(=O)CC[C@H]2NC(=O)[C@@H]2C[C@@H](O)CN2C(=O)[C@@H](n2cc(C3CC3)nn2)C(C)(C)C)cn1. The molecule has 2 aromatic heterocycles. The number of nitrogens with one attached hydrogen (secondary N) is 2. The number of hydrogen-bond acceptors (Lipinski definition) is 7. The molecule has 5 rings (SSSR count). The number of β-amino-alcohol motifs (C(OH)–C–C–N with tert-alkyl or cyclic N) is 1. The van der Waals surface area contributed by atoms with Gasteiger partial charge in [0.05, 0.1) is 30.1 Å². The molecule has 200 valence electrons. The van der Waals surface area contributed by atoms with E-state index < -0.39 is 29.6 Å². The molecule has 1 saturated carbocycles. The number of aliphatic hydroxyl groups excluding tert-OH is 1. The number of piperidine rings is 1. The number of rotatable bonds is 6. The van der Waals surface area contributed by atoms with Crippen molar-refractivity contribution in [3.8, 4) is 0 Å². The highest BCUT2D eigenvalue weighted by Gasteiger charge is 2.46. The lowest BCUT2D eigenvalue weighted by Gasteiger charge is -2.36. The fourth-order valence-electron chi connectivity index (χ4n) is 5.48. The van der Waals surface area contributed by atoms with Crippen molar-refractivity contribution in [2.24, 2.45) is 12.5 Å². The number of carbonyl (C=O) groups is 3. The Morgan fingerprint density at radius 1 is 1.22 bits per heavy atom. The van der Waals surface area contributed by atoms with Crippen LogP contribution in [0.3, 0.4) is 0 Å². The molecular weight excluding hydrogens is 476 g/mol. The average molecular weight is 513 g/mol. The van der Waals surface area contributed by atoms with E-state index >= 15 is 0 Å². The van der Waals surface area contributed by atoms with Crippen LogP contribution in [0, 0.1) is 5.41 Å². The number of hydrogen-bond donors (Lipinski definition) is 3. The molecule has 0 spiro atoms. The molecule has 3 N–H and O–H groups in total. The van der Waals surface area contributed by atoms with Gasteiger partial charge in [-0.1, -0.05) is 26.0 Å². The number of nitrogens with zero attached hydrogens (tertiary/aromatic N) is 6. The van der Waals surface area contributed by atoms with E-state index in [2.05, 4.69) is 26.0 Å². The number of carbonyl (C=O) groups excluding carboxylic acids is 3. The lowest BCUT2D eigenvalue weighted by atomic mass is 9.85. The molecule has 4 heterocycles. The molecule has 12 heteroatoms. The second-order valence-electron chi connectivity index (χ2n) is 11.7. The van der Waals surface area contributed by atoms with Crippen LogP contribution < -0.4 is 10.6 Å². The van der Waals surface area contributed by atoms with Crippen molar-refractivity contribution in [1.82, 2.24) is 40.3 Å². The van der Waals surface area contributed by atoms with Gasteiger partial charge in [-0.25, -0.2) is 4.68 Å². The largest absolute Gasteiger partial charge is 0.391 e. The summed E-state index contributed by atoms with van der Waals surface area (Å²) in [6.07, 6.45) is 7.58. The van der Waals surface area contributed by atoms with Crippen LogP contribution in [0.15, 0.2) is 18.6 Å². The Bertz CT molecular complexity index is 1180. The molecule has 2 aromatic rings. The molecule has 12 nitrogen and oxygen atoms in total. The van der Waals surface area contributed by atoms with Gasteiger partial charge in [-0.05, 0) is 24.7 Å². The molecule has 3 fully saturated rings. The number of likely N-dealkylation sites (tertiary alicyclic amines) is 1. The van der Waals surface area contributed by atoms with Crippen LogP contribution in [0.1, 0.15) is 82.1 Å². The molecule has 2 aliphatic heterocycles. The monoisotopic (exact) mass is 512 g/mol. The van der Waals surface area contributed by atoms with Gasteiger partial charge in [-0.3, -0.25) is 19.1 Å². The number of aryl methyl sites for hydroxylation is 1. The van der Waals surface area contributed by atoms with Crippen molar-refractivity contribution >= 4 is 17.7 Å². The summed E-state index contributed by atoms with van der Waals surface area (Å²) in [4.78, 5) is 41.1. The zero-order valence-electron chi connectivity index (χ0n) is 21.8. The Balaban J connectivity index is 1.35. The minimum Gasteiger partial charge on any atom is -0.391 e. The molecule has 0 unspecified atom stereocenters. The van der Waals surface area contributed by atoms with E-state index in [0.29, 0.717) is 18.8 Å². The molecule has 3 amide bonds. The summed E-state index contributed by atoms with van der Waals surface area (Å²) in [5.41, 5.74) is 1.18. The van der Waals surface area contributed by atoms with Gasteiger partial charge < -0.3 is 20.6 Å². The van der Waals surface area contributed by atoms with Crippen molar-refractivity contribution in [1.29, 1.82) is 0 Å². The van der Waals surface area contributed by atoms with E-state index in [0.717, 1.165) is 24.1 Å². The number of aromatic nitrogens is 5. The highest BCUT2D eigenvalue weighted by molar-refractivity contribution is 5.90. The van der Waals surface area contributed by atoms with E-state index in [9.17, 15) is 19.5 Å². The summed E-state index contributed by atoms with van der Waals surface area (Å²) in [5, 5.41) is 29.3. The second-order valence-corrected chi connectivity index (χ2v) is 11.7. The maximum atomic E-state index is 13.9. The quantitative estimate of drug-likeness (QED) is 0.513. The minimum absolute atomic E-state index is 0.0706. The molecule has 0 aromatic carbocycles. The Morgan fingerprint density at radius 3 is 2.62 bits per heavy atom. The lowest BCUT2D eigenvalue weighted by Crippen LogP contribution is -2.55. The summed E-state index contributed by atoms with van der Waals surface area (Å²) < 4.78 is 3.26. The normalized spacial score (nSPS) is 27.2. The van der Waals surface area contributed by atoms with Crippen molar-refractivity contribution in [3.05, 3.63) is 29.8 Å². The van der Waals surface area contributed by atoms with Crippen LogP contribution >= 0.6 is 0 Å². The van der Waals surface area contributed by atoms with Crippen LogP contribution in [-0.2, 0) is 21.4 Å². The Morgan fingerprint density at radius 2 is 1.97 bits per heavy atom. The maximum absolute atomic E-state index is 13.9. The van der Waals surface area contributed by atoms with Crippen LogP contribution in [0.5, 0.6) is 0 Å². The van der Waals surface area contributed by atoms with E-state index in [-0.39, 0.29) is 36.7 Å². The van der Waals surface area contributed by atoms with Gasteiger partial charge in [-0.15, -0.1) is 5.10 Å². The third kappa shape index (κ3) is 5.25. The molecule has 3 aliphatic rings. The van der Waals surface area contributed by atoms with Gasteiger partial charge in [0.2, 0.25) is 17.7 Å². The van der Waals surface area contributed by atoms with Crippen LogP contribution in [0.2, 0.25) is 0 Å².